The van der Waals surface area contributed by atoms with Gasteiger partial charge < -0.3 is 9.47 Å². The Kier molecular flexibility index (Phi) is 8.87. The standard InChI is InChI=1S/C58H40N2/c1-3-17-41(18-4-1)45-21-15-24-49(40-45)59(48-37-35-43(36-38-48)46-34-33-42-19-7-8-20-44(42)39-46)55-30-13-11-27-52(55)50-25-9-10-26-51(50)53-29-16-32-57-58(53)54-28-12-14-31-56(54)60(57)47-22-5-2-6-23-47/h1-40H. The molecule has 10 aromatic carbocycles. The van der Waals surface area contributed by atoms with E-state index in [4.69, 9.17) is 0 Å². The number of hydrogen-bond donors (Lipinski definition) is 0. The van der Waals surface area contributed by atoms with Gasteiger partial charge in [-0.1, -0.05) is 182 Å². The molecule has 11 aromatic rings. The zero-order chi connectivity index (χ0) is 39.8. The van der Waals surface area contributed by atoms with Crippen LogP contribution in [-0.4, -0.2) is 4.57 Å². The second kappa shape index (κ2) is 15.1. The van der Waals surface area contributed by atoms with Crippen LogP contribution in [0.2, 0.25) is 0 Å². The summed E-state index contributed by atoms with van der Waals surface area (Å²) in [5.74, 6) is 0. The fraction of sp³-hybridized carbons (Fsp3) is 0. The molecule has 11 rings (SSSR count). The summed E-state index contributed by atoms with van der Waals surface area (Å²) in [7, 11) is 0. The molecule has 0 N–H and O–H groups in total. The van der Waals surface area contributed by atoms with E-state index >= 15 is 0 Å². The molecule has 282 valence electrons. The van der Waals surface area contributed by atoms with Gasteiger partial charge in [0.05, 0.1) is 16.7 Å². The van der Waals surface area contributed by atoms with E-state index < -0.39 is 0 Å². The lowest BCUT2D eigenvalue weighted by molar-refractivity contribution is 1.18. The minimum atomic E-state index is 1.09. The monoisotopic (exact) mass is 764 g/mol. The van der Waals surface area contributed by atoms with Gasteiger partial charge in [-0.2, -0.15) is 0 Å². The summed E-state index contributed by atoms with van der Waals surface area (Å²) < 4.78 is 2.40. The highest BCUT2D eigenvalue weighted by atomic mass is 15.1. The number of benzene rings is 10. The molecular formula is C58H40N2. The summed E-state index contributed by atoms with van der Waals surface area (Å²) in [4.78, 5) is 2.42. The number of para-hydroxylation sites is 3. The second-order valence-electron chi connectivity index (χ2n) is 15.3. The molecule has 0 aliphatic rings. The Bertz CT molecular complexity index is 3310. The van der Waals surface area contributed by atoms with Crippen molar-refractivity contribution in [2.75, 3.05) is 4.90 Å². The first-order valence-electron chi connectivity index (χ1n) is 20.6. The largest absolute Gasteiger partial charge is 0.310 e. The number of hydrogen-bond acceptors (Lipinski definition) is 1. The van der Waals surface area contributed by atoms with Crippen LogP contribution in [0.25, 0.3) is 82.8 Å². The molecule has 2 nitrogen and oxygen atoms in total. The maximum Gasteiger partial charge on any atom is 0.0547 e. The van der Waals surface area contributed by atoms with Crippen molar-refractivity contribution in [1.82, 2.24) is 4.57 Å². The predicted octanol–water partition coefficient (Wildman–Crippen LogP) is 16.1. The molecule has 0 radical (unpaired) electrons. The van der Waals surface area contributed by atoms with Gasteiger partial charge in [0.25, 0.3) is 0 Å². The fourth-order valence-corrected chi connectivity index (χ4v) is 9.00. The normalized spacial score (nSPS) is 11.3. The van der Waals surface area contributed by atoms with Crippen LogP contribution in [-0.2, 0) is 0 Å². The number of aromatic nitrogens is 1. The minimum absolute atomic E-state index is 1.09. The van der Waals surface area contributed by atoms with E-state index in [9.17, 15) is 0 Å². The van der Waals surface area contributed by atoms with Gasteiger partial charge in [-0.25, -0.2) is 0 Å². The number of rotatable bonds is 8. The van der Waals surface area contributed by atoms with E-state index in [1.165, 1.54) is 71.5 Å². The lowest BCUT2D eigenvalue weighted by Crippen LogP contribution is -2.11. The molecule has 0 spiro atoms. The molecular weight excluding hydrogens is 725 g/mol. The molecule has 1 aromatic heterocycles. The molecule has 0 fully saturated rings. The van der Waals surface area contributed by atoms with Crippen molar-refractivity contribution in [2.24, 2.45) is 0 Å². The molecule has 2 heteroatoms. The van der Waals surface area contributed by atoms with Crippen molar-refractivity contribution in [3.05, 3.63) is 243 Å². The maximum absolute atomic E-state index is 2.42. The predicted molar refractivity (Wildman–Crippen MR) is 255 cm³/mol. The highest BCUT2D eigenvalue weighted by Gasteiger charge is 2.22. The van der Waals surface area contributed by atoms with Crippen molar-refractivity contribution in [3.8, 4) is 50.2 Å². The first kappa shape index (κ1) is 35.2. The van der Waals surface area contributed by atoms with Crippen LogP contribution in [0.15, 0.2) is 243 Å². The summed E-state index contributed by atoms with van der Waals surface area (Å²) in [6.45, 7) is 0. The molecule has 1 heterocycles. The van der Waals surface area contributed by atoms with Gasteiger partial charge in [0, 0.05) is 33.4 Å². The first-order valence-corrected chi connectivity index (χ1v) is 20.6. The molecule has 0 saturated carbocycles. The highest BCUT2D eigenvalue weighted by Crippen LogP contribution is 2.47. The molecule has 0 aliphatic carbocycles. The molecule has 0 aliphatic heterocycles. The summed E-state index contributed by atoms with van der Waals surface area (Å²) in [5, 5.41) is 4.98. The highest BCUT2D eigenvalue weighted by molar-refractivity contribution is 6.17. The summed E-state index contributed by atoms with van der Waals surface area (Å²) in [6, 6.07) is 87.9. The summed E-state index contributed by atoms with van der Waals surface area (Å²) >= 11 is 0. The van der Waals surface area contributed by atoms with Gasteiger partial charge in [-0.05, 0) is 110 Å². The van der Waals surface area contributed by atoms with Crippen LogP contribution >= 0.6 is 0 Å². The smallest absolute Gasteiger partial charge is 0.0547 e. The molecule has 0 saturated heterocycles. The molecule has 0 unspecified atom stereocenters. The van der Waals surface area contributed by atoms with Gasteiger partial charge in [-0.15, -0.1) is 0 Å². The minimum Gasteiger partial charge on any atom is -0.310 e. The SMILES string of the molecule is c1ccc(-c2cccc(N(c3ccc(-c4ccc5ccccc5c4)cc3)c3ccccc3-c3ccccc3-c3cccc4c3c3ccccc3n4-c3ccccc3)c2)cc1. The molecule has 60 heavy (non-hydrogen) atoms. The van der Waals surface area contributed by atoms with E-state index in [1.807, 2.05) is 0 Å². The van der Waals surface area contributed by atoms with Crippen molar-refractivity contribution in [1.29, 1.82) is 0 Å². The topological polar surface area (TPSA) is 8.17 Å². The summed E-state index contributed by atoms with van der Waals surface area (Å²) in [5.41, 5.74) is 16.3. The van der Waals surface area contributed by atoms with Crippen LogP contribution in [0.5, 0.6) is 0 Å². The fourth-order valence-electron chi connectivity index (χ4n) is 9.00. The Hall–Kier alpha value is -7.94. The van der Waals surface area contributed by atoms with E-state index in [2.05, 4.69) is 252 Å². The van der Waals surface area contributed by atoms with Crippen LogP contribution in [0.4, 0.5) is 17.1 Å². The van der Waals surface area contributed by atoms with Gasteiger partial charge in [0.2, 0.25) is 0 Å². The molecule has 0 atom stereocenters. The Morgan fingerprint density at radius 3 is 1.67 bits per heavy atom. The Balaban J connectivity index is 1.10. The van der Waals surface area contributed by atoms with Gasteiger partial charge in [-0.3, -0.25) is 0 Å². The Morgan fingerprint density at radius 2 is 0.850 bits per heavy atom. The summed E-state index contributed by atoms with van der Waals surface area (Å²) in [6.07, 6.45) is 0. The average Bonchev–Trinajstić information content (AvgIpc) is 3.67. The average molecular weight is 765 g/mol. The zero-order valence-electron chi connectivity index (χ0n) is 33.0. The van der Waals surface area contributed by atoms with Crippen LogP contribution in [0.1, 0.15) is 0 Å². The van der Waals surface area contributed by atoms with E-state index in [1.54, 1.807) is 0 Å². The van der Waals surface area contributed by atoms with Crippen LogP contribution in [0.3, 0.4) is 0 Å². The van der Waals surface area contributed by atoms with Crippen molar-refractivity contribution < 1.29 is 0 Å². The van der Waals surface area contributed by atoms with Crippen molar-refractivity contribution in [3.63, 3.8) is 0 Å². The number of nitrogens with zero attached hydrogens (tertiary/aromatic N) is 2. The van der Waals surface area contributed by atoms with Crippen molar-refractivity contribution in [2.45, 2.75) is 0 Å². The Labute approximate surface area is 350 Å². The number of anilines is 3. The van der Waals surface area contributed by atoms with E-state index in [0.29, 0.717) is 0 Å². The van der Waals surface area contributed by atoms with Gasteiger partial charge in [0.1, 0.15) is 0 Å². The third-order valence-electron chi connectivity index (χ3n) is 11.8. The number of fused-ring (bicyclic) bond motifs is 4. The zero-order valence-corrected chi connectivity index (χ0v) is 33.0. The van der Waals surface area contributed by atoms with E-state index in [0.717, 1.165) is 28.3 Å². The Morgan fingerprint density at radius 1 is 0.300 bits per heavy atom. The second-order valence-corrected chi connectivity index (χ2v) is 15.3. The lowest BCUT2D eigenvalue weighted by Gasteiger charge is -2.29. The van der Waals surface area contributed by atoms with Gasteiger partial charge >= 0.3 is 0 Å². The lowest BCUT2D eigenvalue weighted by atomic mass is 9.90. The maximum atomic E-state index is 2.42. The third kappa shape index (κ3) is 6.23. The third-order valence-corrected chi connectivity index (χ3v) is 11.8. The van der Waals surface area contributed by atoms with E-state index in [-0.39, 0.29) is 0 Å². The van der Waals surface area contributed by atoms with Gasteiger partial charge in [0.15, 0.2) is 0 Å². The van der Waals surface area contributed by atoms with Crippen LogP contribution < -0.4 is 4.90 Å². The van der Waals surface area contributed by atoms with Crippen LogP contribution in [0, 0.1) is 0 Å². The molecule has 0 bridgehead atoms. The quantitative estimate of drug-likeness (QED) is 0.150. The molecule has 0 amide bonds. The first-order chi connectivity index (χ1) is 29.8. The van der Waals surface area contributed by atoms with Crippen molar-refractivity contribution >= 4 is 49.6 Å².